The van der Waals surface area contributed by atoms with E-state index in [9.17, 15) is 9.90 Å². The summed E-state index contributed by atoms with van der Waals surface area (Å²) in [6.45, 7) is 0. The highest BCUT2D eigenvalue weighted by Crippen LogP contribution is 2.22. The number of amides is 1. The highest BCUT2D eigenvalue weighted by molar-refractivity contribution is 6.30. The van der Waals surface area contributed by atoms with E-state index in [-0.39, 0.29) is 11.5 Å². The van der Waals surface area contributed by atoms with E-state index in [0.717, 1.165) is 0 Å². The Morgan fingerprint density at radius 1 is 1.00 bits per heavy atom. The predicted molar refractivity (Wildman–Crippen MR) is 105 cm³/mol. The van der Waals surface area contributed by atoms with Crippen molar-refractivity contribution in [2.75, 3.05) is 5.32 Å². The third kappa shape index (κ3) is 4.99. The van der Waals surface area contributed by atoms with Crippen molar-refractivity contribution in [2.45, 2.75) is 0 Å². The number of aromatic nitrogens is 1. The van der Waals surface area contributed by atoms with E-state index in [1.165, 1.54) is 6.20 Å². The fourth-order valence-electron chi connectivity index (χ4n) is 2.18. The molecule has 0 unspecified atom stereocenters. The molecule has 3 rings (SSSR count). The van der Waals surface area contributed by atoms with Crippen LogP contribution in [-0.4, -0.2) is 16.0 Å². The van der Waals surface area contributed by atoms with Crippen LogP contribution in [0.15, 0.2) is 95.0 Å². The van der Waals surface area contributed by atoms with E-state index in [4.69, 9.17) is 11.6 Å². The molecule has 2 N–H and O–H groups in total. The number of azo groups is 1. The van der Waals surface area contributed by atoms with Gasteiger partial charge >= 0.3 is 0 Å². The zero-order chi connectivity index (χ0) is 19.1. The number of benzene rings is 2. The number of carbonyl (C=O) groups excluding carboxylic acids is 1. The quantitative estimate of drug-likeness (QED) is 0.354. The SMILES string of the molecule is O=C(Nc1cccnc1)/C(N=Nc1ccc(Cl)cc1)=C(\O)c1ccccc1. The number of pyridine rings is 1. The smallest absolute Gasteiger partial charge is 0.280 e. The van der Waals surface area contributed by atoms with Gasteiger partial charge in [-0.25, -0.2) is 0 Å². The molecule has 0 aliphatic heterocycles. The molecule has 3 aromatic rings. The van der Waals surface area contributed by atoms with Crippen molar-refractivity contribution >= 4 is 34.6 Å². The summed E-state index contributed by atoms with van der Waals surface area (Å²) in [5, 5.41) is 21.8. The van der Waals surface area contributed by atoms with Crippen molar-refractivity contribution in [2.24, 2.45) is 10.2 Å². The lowest BCUT2D eigenvalue weighted by atomic mass is 10.1. The summed E-state index contributed by atoms with van der Waals surface area (Å²) < 4.78 is 0. The van der Waals surface area contributed by atoms with E-state index in [0.29, 0.717) is 22.0 Å². The minimum Gasteiger partial charge on any atom is -0.505 e. The molecule has 0 aliphatic carbocycles. The number of hydrogen-bond donors (Lipinski definition) is 2. The second kappa shape index (κ2) is 8.73. The van der Waals surface area contributed by atoms with Crippen LogP contribution in [0.2, 0.25) is 5.02 Å². The molecule has 1 aromatic heterocycles. The van der Waals surface area contributed by atoms with Crippen LogP contribution < -0.4 is 5.32 Å². The number of nitrogens with zero attached hydrogens (tertiary/aromatic N) is 3. The Labute approximate surface area is 160 Å². The Morgan fingerprint density at radius 3 is 2.41 bits per heavy atom. The first kappa shape index (κ1) is 18.3. The van der Waals surface area contributed by atoms with Gasteiger partial charge in [-0.1, -0.05) is 41.9 Å². The number of aliphatic hydroxyl groups excluding tert-OH is 1. The summed E-state index contributed by atoms with van der Waals surface area (Å²) in [6, 6.07) is 18.6. The third-order valence-corrected chi connectivity index (χ3v) is 3.75. The first-order valence-corrected chi connectivity index (χ1v) is 8.38. The second-order valence-electron chi connectivity index (χ2n) is 5.44. The maximum absolute atomic E-state index is 12.7. The lowest BCUT2D eigenvalue weighted by Crippen LogP contribution is -2.15. The van der Waals surface area contributed by atoms with Gasteiger partial charge in [-0.2, -0.15) is 5.11 Å². The molecule has 1 heterocycles. The average Bonchev–Trinajstić information content (AvgIpc) is 2.71. The highest BCUT2D eigenvalue weighted by Gasteiger charge is 2.17. The number of carbonyl (C=O) groups is 1. The average molecular weight is 379 g/mol. The van der Waals surface area contributed by atoms with Crippen LogP contribution in [0.1, 0.15) is 5.56 Å². The zero-order valence-electron chi connectivity index (χ0n) is 14.1. The molecule has 0 fully saturated rings. The summed E-state index contributed by atoms with van der Waals surface area (Å²) in [4.78, 5) is 16.6. The molecule has 0 atom stereocenters. The summed E-state index contributed by atoms with van der Waals surface area (Å²) in [6.07, 6.45) is 3.08. The Kier molecular flexibility index (Phi) is 5.91. The molecule has 1 amide bonds. The summed E-state index contributed by atoms with van der Waals surface area (Å²) in [5.41, 5.74) is 1.19. The van der Waals surface area contributed by atoms with Crippen LogP contribution in [0.25, 0.3) is 5.76 Å². The molecule has 7 heteroatoms. The van der Waals surface area contributed by atoms with Crippen LogP contribution >= 0.6 is 11.6 Å². The Hall–Kier alpha value is -3.51. The van der Waals surface area contributed by atoms with Gasteiger partial charge in [0.2, 0.25) is 0 Å². The monoisotopic (exact) mass is 378 g/mol. The first-order valence-electron chi connectivity index (χ1n) is 8.01. The van der Waals surface area contributed by atoms with Crippen LogP contribution in [0.5, 0.6) is 0 Å². The van der Waals surface area contributed by atoms with Crippen molar-refractivity contribution in [3.8, 4) is 0 Å². The van der Waals surface area contributed by atoms with Gasteiger partial charge in [0, 0.05) is 16.8 Å². The Bertz CT molecular complexity index is 972. The van der Waals surface area contributed by atoms with Crippen LogP contribution in [0.3, 0.4) is 0 Å². The Balaban J connectivity index is 1.95. The van der Waals surface area contributed by atoms with E-state index in [1.54, 1.807) is 72.9 Å². The number of anilines is 1. The van der Waals surface area contributed by atoms with Crippen molar-refractivity contribution < 1.29 is 9.90 Å². The van der Waals surface area contributed by atoms with Gasteiger partial charge in [0.15, 0.2) is 11.5 Å². The molecular weight excluding hydrogens is 364 g/mol. The molecule has 6 nitrogen and oxygen atoms in total. The molecule has 0 radical (unpaired) electrons. The normalized spacial score (nSPS) is 11.9. The van der Waals surface area contributed by atoms with Crippen LogP contribution in [0, 0.1) is 0 Å². The fourth-order valence-corrected chi connectivity index (χ4v) is 2.30. The lowest BCUT2D eigenvalue weighted by Gasteiger charge is -2.07. The van der Waals surface area contributed by atoms with Gasteiger partial charge in [0.05, 0.1) is 17.6 Å². The number of nitrogens with one attached hydrogen (secondary N) is 1. The molecular formula is C20H15ClN4O2. The van der Waals surface area contributed by atoms with Crippen LogP contribution in [-0.2, 0) is 4.79 Å². The van der Waals surface area contributed by atoms with Gasteiger partial charge in [-0.05, 0) is 36.4 Å². The molecule has 134 valence electrons. The molecule has 0 aliphatic rings. The van der Waals surface area contributed by atoms with Crippen LogP contribution in [0.4, 0.5) is 11.4 Å². The number of hydrogen-bond acceptors (Lipinski definition) is 5. The van der Waals surface area contributed by atoms with Gasteiger partial charge in [0.1, 0.15) is 0 Å². The maximum Gasteiger partial charge on any atom is 0.280 e. The van der Waals surface area contributed by atoms with Crippen molar-refractivity contribution in [3.63, 3.8) is 0 Å². The number of aliphatic hydroxyl groups is 1. The van der Waals surface area contributed by atoms with Gasteiger partial charge in [-0.3, -0.25) is 9.78 Å². The van der Waals surface area contributed by atoms with Gasteiger partial charge in [-0.15, -0.1) is 5.11 Å². The van der Waals surface area contributed by atoms with E-state index in [2.05, 4.69) is 20.5 Å². The molecule has 2 aromatic carbocycles. The molecule has 0 saturated carbocycles. The van der Waals surface area contributed by atoms with Crippen molar-refractivity contribution in [1.82, 2.24) is 4.98 Å². The van der Waals surface area contributed by atoms with E-state index >= 15 is 0 Å². The molecule has 0 saturated heterocycles. The summed E-state index contributed by atoms with van der Waals surface area (Å²) >= 11 is 5.85. The van der Waals surface area contributed by atoms with E-state index in [1.807, 2.05) is 0 Å². The molecule has 0 spiro atoms. The minimum absolute atomic E-state index is 0.222. The predicted octanol–water partition coefficient (Wildman–Crippen LogP) is 5.38. The molecule has 27 heavy (non-hydrogen) atoms. The van der Waals surface area contributed by atoms with E-state index < -0.39 is 5.91 Å². The van der Waals surface area contributed by atoms with Gasteiger partial charge < -0.3 is 10.4 Å². The van der Waals surface area contributed by atoms with Crippen molar-refractivity contribution in [1.29, 1.82) is 0 Å². The maximum atomic E-state index is 12.7. The van der Waals surface area contributed by atoms with Crippen molar-refractivity contribution in [3.05, 3.63) is 95.4 Å². The molecule has 0 bridgehead atoms. The largest absolute Gasteiger partial charge is 0.505 e. The highest BCUT2D eigenvalue weighted by atomic mass is 35.5. The Morgan fingerprint density at radius 2 is 1.74 bits per heavy atom. The number of halogens is 1. The standard InChI is InChI=1S/C20H15ClN4O2/c21-15-8-10-16(11-9-15)24-25-18(19(26)14-5-2-1-3-6-14)20(27)23-17-7-4-12-22-13-17/h1-13,26H,(H,23,27)/b19-18+,25-24?. The first-order chi connectivity index (χ1) is 13.1. The fraction of sp³-hybridized carbons (Fsp3) is 0. The lowest BCUT2D eigenvalue weighted by molar-refractivity contribution is -0.112. The van der Waals surface area contributed by atoms with Gasteiger partial charge in [0.25, 0.3) is 5.91 Å². The minimum atomic E-state index is -0.609. The zero-order valence-corrected chi connectivity index (χ0v) is 14.8. The third-order valence-electron chi connectivity index (χ3n) is 3.50. The number of rotatable bonds is 5. The summed E-state index contributed by atoms with van der Waals surface area (Å²) in [5.74, 6) is -0.892. The summed E-state index contributed by atoms with van der Waals surface area (Å²) in [7, 11) is 0. The topological polar surface area (TPSA) is 86.9 Å². The second-order valence-corrected chi connectivity index (χ2v) is 5.87.